The number of ether oxygens (including phenoxy) is 2. The molecule has 0 fully saturated rings. The molecule has 5 nitrogen and oxygen atoms in total. The van der Waals surface area contributed by atoms with E-state index in [9.17, 15) is 5.21 Å². The van der Waals surface area contributed by atoms with Gasteiger partial charge in [0.1, 0.15) is 29.4 Å². The van der Waals surface area contributed by atoms with Gasteiger partial charge in [0.25, 0.3) is 0 Å². The second-order valence-electron chi connectivity index (χ2n) is 8.29. The van der Waals surface area contributed by atoms with Crippen LogP contribution in [0.5, 0.6) is 11.5 Å². The van der Waals surface area contributed by atoms with Crippen LogP contribution in [0, 0.1) is 5.21 Å². The summed E-state index contributed by atoms with van der Waals surface area (Å²) >= 11 is 0. The van der Waals surface area contributed by atoms with Crippen molar-refractivity contribution in [2.45, 2.75) is 25.8 Å². The Morgan fingerprint density at radius 1 is 0.765 bits per heavy atom. The number of hydroxylamine groups is 1. The van der Waals surface area contributed by atoms with Crippen LogP contribution in [0.25, 0.3) is 0 Å². The largest absolute Gasteiger partial charge is 0.622 e. The molecule has 34 heavy (non-hydrogen) atoms. The van der Waals surface area contributed by atoms with Crippen molar-refractivity contribution in [1.29, 1.82) is 0 Å². The number of rotatable bonds is 10. The molecule has 0 radical (unpaired) electrons. The molecule has 174 valence electrons. The smallest absolute Gasteiger partial charge is 0.138 e. The maximum absolute atomic E-state index is 14.4. The molecule has 0 spiro atoms. The number of methoxy groups -OCH3 is 2. The molecule has 0 N–H and O–H groups in total. The van der Waals surface area contributed by atoms with Gasteiger partial charge in [0, 0.05) is 35.7 Å². The molecule has 4 aromatic rings. The Morgan fingerprint density at radius 2 is 1.56 bits per heavy atom. The molecule has 3 aromatic carbocycles. The standard InChI is InChI=1S/C29H30N2O3/c1-33-28-16-13-23(14-17-28)8-6-10-25-20-27(15-18-29(25)34-2)31(32,26-11-4-3-5-12-26)22-24-9-7-19-30-21-24/h3-5,7,9,11-21H,6,8,10,22H2,1-2H3. The van der Waals surface area contributed by atoms with Gasteiger partial charge in [-0.3, -0.25) is 9.63 Å². The molecule has 0 aliphatic heterocycles. The predicted octanol–water partition coefficient (Wildman–Crippen LogP) is 6.61. The summed E-state index contributed by atoms with van der Waals surface area (Å²) in [5.74, 6) is 1.66. The Balaban J connectivity index is 1.61. The SMILES string of the molecule is COc1ccc(CCCc2cc([N+]([O-])(Cc3cccnc3)c3ccccc3)ccc2OC)cc1. The van der Waals surface area contributed by atoms with E-state index in [0.29, 0.717) is 11.4 Å². The van der Waals surface area contributed by atoms with E-state index in [2.05, 4.69) is 17.1 Å². The van der Waals surface area contributed by atoms with Gasteiger partial charge in [-0.25, -0.2) is 0 Å². The number of benzene rings is 3. The zero-order chi connectivity index (χ0) is 23.8. The normalized spacial score (nSPS) is 12.7. The zero-order valence-corrected chi connectivity index (χ0v) is 19.7. The van der Waals surface area contributed by atoms with Gasteiger partial charge in [-0.1, -0.05) is 36.4 Å². The molecule has 5 heteroatoms. The molecule has 0 aliphatic rings. The van der Waals surface area contributed by atoms with Crippen molar-refractivity contribution < 1.29 is 9.47 Å². The van der Waals surface area contributed by atoms with Crippen LogP contribution in [0.2, 0.25) is 0 Å². The summed E-state index contributed by atoms with van der Waals surface area (Å²) in [4.78, 5) is 4.20. The lowest BCUT2D eigenvalue weighted by molar-refractivity contribution is 0.408. The third-order valence-electron chi connectivity index (χ3n) is 6.05. The van der Waals surface area contributed by atoms with E-state index >= 15 is 0 Å². The first-order chi connectivity index (χ1) is 16.6. The number of aryl methyl sites for hydroxylation is 2. The average Bonchev–Trinajstić information content (AvgIpc) is 2.90. The fraction of sp³-hybridized carbons (Fsp3) is 0.207. The van der Waals surface area contributed by atoms with E-state index in [4.69, 9.17) is 9.47 Å². The van der Waals surface area contributed by atoms with Gasteiger partial charge in [0.05, 0.1) is 14.2 Å². The maximum Gasteiger partial charge on any atom is 0.138 e. The first kappa shape index (κ1) is 23.5. The van der Waals surface area contributed by atoms with Crippen LogP contribution in [0.15, 0.2) is 97.3 Å². The Morgan fingerprint density at radius 3 is 2.24 bits per heavy atom. The third-order valence-corrected chi connectivity index (χ3v) is 6.05. The highest BCUT2D eigenvalue weighted by Gasteiger charge is 2.26. The third kappa shape index (κ3) is 5.45. The molecule has 1 aromatic heterocycles. The van der Waals surface area contributed by atoms with Gasteiger partial charge >= 0.3 is 0 Å². The number of quaternary nitrogens is 1. The summed E-state index contributed by atoms with van der Waals surface area (Å²) in [6, 6.07) is 27.3. The number of aromatic nitrogens is 1. The Hall–Kier alpha value is -3.67. The molecule has 1 unspecified atom stereocenters. The van der Waals surface area contributed by atoms with E-state index in [1.807, 2.05) is 72.8 Å². The van der Waals surface area contributed by atoms with Crippen LogP contribution < -0.4 is 14.1 Å². The van der Waals surface area contributed by atoms with Gasteiger partial charge in [-0.05, 0) is 61.2 Å². The molecular weight excluding hydrogens is 424 g/mol. The van der Waals surface area contributed by atoms with Crippen LogP contribution in [0.1, 0.15) is 23.1 Å². The fourth-order valence-corrected chi connectivity index (χ4v) is 4.21. The Kier molecular flexibility index (Phi) is 7.58. The van der Waals surface area contributed by atoms with Crippen molar-refractivity contribution in [1.82, 2.24) is 9.63 Å². The minimum atomic E-state index is -0.595. The highest BCUT2D eigenvalue weighted by molar-refractivity contribution is 5.62. The van der Waals surface area contributed by atoms with Crippen LogP contribution in [-0.4, -0.2) is 19.2 Å². The molecule has 1 heterocycles. The van der Waals surface area contributed by atoms with Gasteiger partial charge < -0.3 is 14.7 Å². The molecule has 0 saturated heterocycles. The highest BCUT2D eigenvalue weighted by atomic mass is 16.5. The first-order valence-electron chi connectivity index (χ1n) is 11.5. The summed E-state index contributed by atoms with van der Waals surface area (Å²) in [5, 5.41) is 14.4. The molecule has 1 atom stereocenters. The van der Waals surface area contributed by atoms with Crippen molar-refractivity contribution in [2.24, 2.45) is 0 Å². The van der Waals surface area contributed by atoms with Crippen LogP contribution in [0.4, 0.5) is 11.4 Å². The van der Waals surface area contributed by atoms with E-state index < -0.39 is 4.65 Å². The monoisotopic (exact) mass is 454 g/mol. The number of pyridine rings is 1. The van der Waals surface area contributed by atoms with E-state index in [-0.39, 0.29) is 6.54 Å². The minimum absolute atomic E-state index is 0.259. The van der Waals surface area contributed by atoms with Gasteiger partial charge in [0.15, 0.2) is 0 Å². The van der Waals surface area contributed by atoms with Crippen molar-refractivity contribution in [3.8, 4) is 11.5 Å². The van der Waals surface area contributed by atoms with Gasteiger partial charge in [0.2, 0.25) is 0 Å². The maximum atomic E-state index is 14.4. The Labute approximate surface area is 201 Å². The molecular formula is C29H30N2O3. The van der Waals surface area contributed by atoms with Crippen molar-refractivity contribution >= 4 is 11.4 Å². The van der Waals surface area contributed by atoms with E-state index in [1.54, 1.807) is 26.6 Å². The number of hydrogen-bond donors (Lipinski definition) is 0. The quantitative estimate of drug-likeness (QED) is 0.200. The van der Waals surface area contributed by atoms with E-state index in [0.717, 1.165) is 41.9 Å². The summed E-state index contributed by atoms with van der Waals surface area (Å²) in [5.41, 5.74) is 4.54. The van der Waals surface area contributed by atoms with Crippen LogP contribution in [0.3, 0.4) is 0 Å². The topological polar surface area (TPSA) is 54.4 Å². The molecule has 4 rings (SSSR count). The van der Waals surface area contributed by atoms with Gasteiger partial charge in [-0.2, -0.15) is 0 Å². The molecule has 0 saturated carbocycles. The van der Waals surface area contributed by atoms with Crippen molar-refractivity contribution in [3.63, 3.8) is 0 Å². The van der Waals surface area contributed by atoms with Crippen molar-refractivity contribution in [3.05, 3.63) is 119 Å². The summed E-state index contributed by atoms with van der Waals surface area (Å²) in [7, 11) is 3.35. The number of para-hydroxylation sites is 1. The second-order valence-corrected chi connectivity index (χ2v) is 8.29. The molecule has 0 aliphatic carbocycles. The first-order valence-corrected chi connectivity index (χ1v) is 11.5. The lowest BCUT2D eigenvalue weighted by atomic mass is 10.0. The predicted molar refractivity (Wildman–Crippen MR) is 137 cm³/mol. The lowest BCUT2D eigenvalue weighted by Gasteiger charge is -2.42. The molecule has 0 amide bonds. The van der Waals surface area contributed by atoms with Gasteiger partial charge in [-0.15, -0.1) is 0 Å². The Bertz CT molecular complexity index is 1180. The zero-order valence-electron chi connectivity index (χ0n) is 19.7. The second kappa shape index (κ2) is 11.0. The number of hydrogen-bond acceptors (Lipinski definition) is 4. The molecule has 0 bridgehead atoms. The summed E-state index contributed by atoms with van der Waals surface area (Å²) in [6.07, 6.45) is 6.17. The van der Waals surface area contributed by atoms with E-state index in [1.165, 1.54) is 5.56 Å². The lowest BCUT2D eigenvalue weighted by Crippen LogP contribution is -2.36. The van der Waals surface area contributed by atoms with Crippen LogP contribution in [-0.2, 0) is 19.4 Å². The van der Waals surface area contributed by atoms with Crippen LogP contribution >= 0.6 is 0 Å². The minimum Gasteiger partial charge on any atom is -0.622 e. The summed E-state index contributed by atoms with van der Waals surface area (Å²) in [6.45, 7) is 0.259. The highest BCUT2D eigenvalue weighted by Crippen LogP contribution is 2.38. The van der Waals surface area contributed by atoms with Crippen molar-refractivity contribution in [2.75, 3.05) is 14.2 Å². The number of nitrogens with zero attached hydrogens (tertiary/aromatic N) is 2. The fourth-order valence-electron chi connectivity index (χ4n) is 4.21. The average molecular weight is 455 g/mol. The summed E-state index contributed by atoms with van der Waals surface area (Å²) < 4.78 is 10.3.